The zero-order chi connectivity index (χ0) is 18.1. The molecule has 0 saturated carbocycles. The number of amides is 2. The molecule has 3 N–H and O–H groups in total. The molecule has 0 spiro atoms. The second-order valence-electron chi connectivity index (χ2n) is 6.20. The number of aliphatic hydroxyl groups is 1. The smallest absolute Gasteiger partial charge is 0.319 e. The largest absolute Gasteiger partial charge is 0.497 e. The van der Waals surface area contributed by atoms with E-state index in [0.29, 0.717) is 18.0 Å². The third-order valence-corrected chi connectivity index (χ3v) is 4.61. The average molecular weight is 360 g/mol. The predicted molar refractivity (Wildman–Crippen MR) is 90.8 cm³/mol. The lowest BCUT2D eigenvalue weighted by Crippen LogP contribution is -2.59. The number of hydrogen-bond acceptors (Lipinski definition) is 6. The van der Waals surface area contributed by atoms with Crippen molar-refractivity contribution in [1.82, 2.24) is 15.1 Å². The number of fused-ring (bicyclic) bond motifs is 2. The monoisotopic (exact) mass is 360 g/mol. The minimum Gasteiger partial charge on any atom is -0.497 e. The molecule has 0 radical (unpaired) electrons. The number of aromatic nitrogens is 2. The normalized spacial score (nSPS) is 30.0. The highest BCUT2D eigenvalue weighted by molar-refractivity contribution is 5.89. The summed E-state index contributed by atoms with van der Waals surface area (Å²) in [6, 6.07) is 7.12. The topological polar surface area (TPSA) is 107 Å². The molecule has 2 fully saturated rings. The fraction of sp³-hybridized carbons (Fsp3) is 0.412. The lowest BCUT2D eigenvalue weighted by molar-refractivity contribution is -0.166. The maximum Gasteiger partial charge on any atom is 0.319 e. The number of nitrogens with one attached hydrogen (secondary N) is 2. The number of hydrogen-bond donors (Lipinski definition) is 3. The number of anilines is 1. The number of ether oxygens (including phenoxy) is 3. The molecule has 9 nitrogen and oxygen atoms in total. The molecule has 9 heteroatoms. The van der Waals surface area contributed by atoms with Crippen molar-refractivity contribution in [3.8, 4) is 5.75 Å². The van der Waals surface area contributed by atoms with Crippen molar-refractivity contribution in [2.45, 2.75) is 30.6 Å². The molecule has 2 aromatic rings. The highest BCUT2D eigenvalue weighted by Crippen LogP contribution is 2.35. The van der Waals surface area contributed by atoms with Gasteiger partial charge in [-0.25, -0.2) is 4.79 Å². The summed E-state index contributed by atoms with van der Waals surface area (Å²) in [5.74, 6) is 0.697. The first-order valence-electron chi connectivity index (χ1n) is 8.31. The third-order valence-electron chi connectivity index (χ3n) is 4.61. The van der Waals surface area contributed by atoms with Crippen LogP contribution in [0.25, 0.3) is 0 Å². The Balaban J connectivity index is 1.45. The van der Waals surface area contributed by atoms with Gasteiger partial charge >= 0.3 is 6.03 Å². The molecular weight excluding hydrogens is 340 g/mol. The number of nitrogens with zero attached hydrogens (tertiary/aromatic N) is 2. The van der Waals surface area contributed by atoms with Gasteiger partial charge in [-0.15, -0.1) is 0 Å². The van der Waals surface area contributed by atoms with E-state index < -0.39 is 36.6 Å². The highest BCUT2D eigenvalue weighted by Gasteiger charge is 2.51. The molecule has 4 rings (SSSR count). The lowest BCUT2D eigenvalue weighted by Gasteiger charge is -2.38. The molecule has 26 heavy (non-hydrogen) atoms. The average Bonchev–Trinajstić information content (AvgIpc) is 3.31. The van der Waals surface area contributed by atoms with Crippen LogP contribution in [0, 0.1) is 0 Å². The Labute approximate surface area is 149 Å². The summed E-state index contributed by atoms with van der Waals surface area (Å²) in [5, 5.41) is 20.5. The van der Waals surface area contributed by atoms with Crippen molar-refractivity contribution in [1.29, 1.82) is 0 Å². The molecule has 3 heterocycles. The summed E-state index contributed by atoms with van der Waals surface area (Å²) in [4.78, 5) is 12.4. The summed E-state index contributed by atoms with van der Waals surface area (Å²) >= 11 is 0. The second-order valence-corrected chi connectivity index (χ2v) is 6.20. The van der Waals surface area contributed by atoms with E-state index in [1.165, 1.54) is 0 Å². The van der Waals surface area contributed by atoms with E-state index in [0.717, 1.165) is 0 Å². The molecule has 5 unspecified atom stereocenters. The predicted octanol–water partition coefficient (Wildman–Crippen LogP) is 0.739. The molecule has 1 aromatic carbocycles. The molecule has 2 saturated heterocycles. The van der Waals surface area contributed by atoms with Gasteiger partial charge in [0.05, 0.1) is 19.8 Å². The zero-order valence-electron chi connectivity index (χ0n) is 14.1. The molecule has 2 aliphatic rings. The van der Waals surface area contributed by atoms with E-state index >= 15 is 0 Å². The lowest BCUT2D eigenvalue weighted by atomic mass is 9.96. The maximum absolute atomic E-state index is 12.4. The van der Waals surface area contributed by atoms with E-state index in [2.05, 4.69) is 15.7 Å². The van der Waals surface area contributed by atoms with Gasteiger partial charge in [-0.2, -0.15) is 5.10 Å². The summed E-state index contributed by atoms with van der Waals surface area (Å²) in [7, 11) is 1.58. The molecule has 0 aliphatic carbocycles. The zero-order valence-corrected chi connectivity index (χ0v) is 14.1. The van der Waals surface area contributed by atoms with Crippen molar-refractivity contribution >= 4 is 11.7 Å². The van der Waals surface area contributed by atoms with Gasteiger partial charge in [-0.3, -0.25) is 4.68 Å². The van der Waals surface area contributed by atoms with Crippen LogP contribution in [0.2, 0.25) is 0 Å². The van der Waals surface area contributed by atoms with Crippen molar-refractivity contribution in [2.24, 2.45) is 0 Å². The van der Waals surface area contributed by atoms with Gasteiger partial charge in [0, 0.05) is 18.1 Å². The minimum absolute atomic E-state index is 0.299. The Morgan fingerprint density at radius 3 is 2.88 bits per heavy atom. The SMILES string of the molecule is COc1ccc(NC(=O)NC2C3COC(O3)C(n3cccn3)C2O)cc1. The first-order valence-corrected chi connectivity index (χ1v) is 8.31. The third kappa shape index (κ3) is 3.12. The van der Waals surface area contributed by atoms with Crippen LogP contribution >= 0.6 is 0 Å². The number of urea groups is 1. The van der Waals surface area contributed by atoms with E-state index in [-0.39, 0.29) is 0 Å². The molecule has 5 atom stereocenters. The van der Waals surface area contributed by atoms with Crippen molar-refractivity contribution in [3.63, 3.8) is 0 Å². The van der Waals surface area contributed by atoms with Crippen LogP contribution in [-0.4, -0.2) is 59.2 Å². The molecular formula is C17H20N4O5. The Bertz CT molecular complexity index is 751. The van der Waals surface area contributed by atoms with E-state index in [4.69, 9.17) is 14.2 Å². The van der Waals surface area contributed by atoms with Gasteiger partial charge in [0.25, 0.3) is 0 Å². The minimum atomic E-state index is -0.900. The van der Waals surface area contributed by atoms with Crippen LogP contribution in [0.4, 0.5) is 10.5 Å². The first-order chi connectivity index (χ1) is 12.7. The Morgan fingerprint density at radius 1 is 1.38 bits per heavy atom. The highest BCUT2D eigenvalue weighted by atomic mass is 16.7. The standard InChI is InChI=1S/C17H20N4O5/c1-24-11-5-3-10(4-6-11)19-17(23)20-13-12-9-25-16(26-12)14(15(13)22)21-8-2-7-18-21/h2-8,12-16,22H,9H2,1H3,(H2,19,20,23). The molecule has 2 bridgehead atoms. The van der Waals surface area contributed by atoms with Crippen LogP contribution in [0.3, 0.4) is 0 Å². The van der Waals surface area contributed by atoms with Crippen LogP contribution in [0.1, 0.15) is 6.04 Å². The molecule has 138 valence electrons. The maximum atomic E-state index is 12.4. The van der Waals surface area contributed by atoms with Crippen LogP contribution in [0.5, 0.6) is 5.75 Å². The number of rotatable bonds is 4. The molecule has 1 aromatic heterocycles. The van der Waals surface area contributed by atoms with Gasteiger partial charge < -0.3 is 30.0 Å². The number of aliphatic hydroxyl groups excluding tert-OH is 1. The summed E-state index contributed by atoms with van der Waals surface area (Å²) in [6.07, 6.45) is 1.45. The Kier molecular flexibility index (Phi) is 4.49. The van der Waals surface area contributed by atoms with Crippen molar-refractivity contribution < 1.29 is 24.1 Å². The van der Waals surface area contributed by atoms with Crippen molar-refractivity contribution in [2.75, 3.05) is 19.0 Å². The van der Waals surface area contributed by atoms with Gasteiger partial charge in [0.2, 0.25) is 0 Å². The van der Waals surface area contributed by atoms with E-state index in [1.807, 2.05) is 0 Å². The number of carbonyl (C=O) groups is 1. The van der Waals surface area contributed by atoms with E-state index in [9.17, 15) is 9.90 Å². The fourth-order valence-electron chi connectivity index (χ4n) is 3.31. The fourth-order valence-corrected chi connectivity index (χ4v) is 3.31. The molecule has 2 aliphatic heterocycles. The van der Waals surface area contributed by atoms with Crippen molar-refractivity contribution in [3.05, 3.63) is 42.7 Å². The van der Waals surface area contributed by atoms with Crippen LogP contribution < -0.4 is 15.4 Å². The Morgan fingerprint density at radius 2 is 2.19 bits per heavy atom. The number of methoxy groups -OCH3 is 1. The Hall–Kier alpha value is -2.62. The first kappa shape index (κ1) is 16.8. The van der Waals surface area contributed by atoms with E-state index in [1.54, 1.807) is 54.5 Å². The quantitative estimate of drug-likeness (QED) is 0.742. The summed E-state index contributed by atoms with van der Waals surface area (Å²) in [5.41, 5.74) is 0.610. The summed E-state index contributed by atoms with van der Waals surface area (Å²) < 4.78 is 18.1. The van der Waals surface area contributed by atoms with Crippen LogP contribution in [-0.2, 0) is 9.47 Å². The van der Waals surface area contributed by atoms with Gasteiger partial charge in [-0.1, -0.05) is 0 Å². The molecule has 2 amide bonds. The van der Waals surface area contributed by atoms with Gasteiger partial charge in [0.1, 0.15) is 24.0 Å². The van der Waals surface area contributed by atoms with Crippen LogP contribution in [0.15, 0.2) is 42.7 Å². The van der Waals surface area contributed by atoms with Gasteiger partial charge in [-0.05, 0) is 30.3 Å². The van der Waals surface area contributed by atoms with Gasteiger partial charge in [0.15, 0.2) is 6.29 Å². The summed E-state index contributed by atoms with van der Waals surface area (Å²) in [6.45, 7) is 0.299. The number of benzene rings is 1. The number of carbonyl (C=O) groups excluding carboxylic acids is 1. The second kappa shape index (κ2) is 6.94.